The number of carbonyl (C=O) groups excluding carboxylic acids is 2. The molecule has 1 amide bonds. The predicted molar refractivity (Wildman–Crippen MR) is 174 cm³/mol. The number of para-hydroxylation sites is 2. The fraction of sp³-hybridized carbons (Fsp3) is 0.216. The third kappa shape index (κ3) is 5.73. The molecule has 1 aromatic heterocycles. The standard InChI is InChI=1S/C37H35N3O3/c1-3-39-33-17-11-9-14-29(33)31-25-27(18-20-34(31)39)24-28-19-21-35(38-32-16-10-8-15-30(32)37(42)43-4-2)40(36(28)41)23-22-26-12-6-5-7-13-26/h5-18,20,24-25H,3-4,19,21-23H2,1-2H3/b28-24-,38-35?. The van der Waals surface area contributed by atoms with Crippen LogP contribution in [-0.4, -0.2) is 40.3 Å². The summed E-state index contributed by atoms with van der Waals surface area (Å²) in [5, 5.41) is 2.41. The van der Waals surface area contributed by atoms with Gasteiger partial charge in [-0.25, -0.2) is 9.79 Å². The van der Waals surface area contributed by atoms with Crippen LogP contribution in [0.3, 0.4) is 0 Å². The van der Waals surface area contributed by atoms with Crippen molar-refractivity contribution in [2.45, 2.75) is 39.7 Å². The first-order valence-electron chi connectivity index (χ1n) is 15.0. The molecule has 0 aliphatic carbocycles. The second kappa shape index (κ2) is 12.5. The summed E-state index contributed by atoms with van der Waals surface area (Å²) in [6, 6.07) is 32.2. The Hall–Kier alpha value is -4.97. The summed E-state index contributed by atoms with van der Waals surface area (Å²) in [6.45, 7) is 5.61. The van der Waals surface area contributed by atoms with Gasteiger partial charge < -0.3 is 9.30 Å². The molecule has 0 N–H and O–H groups in total. The number of piperidine rings is 1. The lowest BCUT2D eigenvalue weighted by Gasteiger charge is -2.30. The number of likely N-dealkylation sites (tertiary alicyclic amines) is 1. The van der Waals surface area contributed by atoms with Crippen LogP contribution in [0.4, 0.5) is 5.69 Å². The number of rotatable bonds is 8. The van der Waals surface area contributed by atoms with E-state index < -0.39 is 5.97 Å². The maximum atomic E-state index is 14.1. The predicted octanol–water partition coefficient (Wildman–Crippen LogP) is 7.97. The number of amidine groups is 1. The number of aromatic nitrogens is 1. The Morgan fingerprint density at radius 2 is 1.60 bits per heavy atom. The van der Waals surface area contributed by atoms with Crippen molar-refractivity contribution in [3.8, 4) is 0 Å². The smallest absolute Gasteiger partial charge is 0.340 e. The molecule has 6 heteroatoms. The fourth-order valence-corrected chi connectivity index (χ4v) is 5.94. The van der Waals surface area contributed by atoms with Gasteiger partial charge in [-0.05, 0) is 74.2 Å². The van der Waals surface area contributed by atoms with E-state index in [1.807, 2.05) is 30.3 Å². The number of ether oxygens (including phenoxy) is 1. The molecule has 0 saturated carbocycles. The van der Waals surface area contributed by atoms with Crippen LogP contribution >= 0.6 is 0 Å². The molecular weight excluding hydrogens is 534 g/mol. The first kappa shape index (κ1) is 28.2. The lowest BCUT2D eigenvalue weighted by atomic mass is 9.98. The van der Waals surface area contributed by atoms with Gasteiger partial charge in [-0.3, -0.25) is 9.69 Å². The molecule has 5 aromatic rings. The molecule has 4 aromatic carbocycles. The van der Waals surface area contributed by atoms with E-state index in [1.165, 1.54) is 21.8 Å². The van der Waals surface area contributed by atoms with Gasteiger partial charge in [0.2, 0.25) is 0 Å². The molecule has 6 nitrogen and oxygen atoms in total. The third-order valence-electron chi connectivity index (χ3n) is 8.02. The van der Waals surface area contributed by atoms with Crippen molar-refractivity contribution in [3.05, 3.63) is 119 Å². The van der Waals surface area contributed by atoms with E-state index in [0.717, 1.165) is 23.2 Å². The van der Waals surface area contributed by atoms with Gasteiger partial charge in [-0.1, -0.05) is 66.7 Å². The number of aryl methyl sites for hydroxylation is 1. The Balaban J connectivity index is 1.36. The first-order chi connectivity index (χ1) is 21.1. The lowest BCUT2D eigenvalue weighted by Crippen LogP contribution is -2.42. The van der Waals surface area contributed by atoms with E-state index in [4.69, 9.17) is 9.73 Å². The Bertz CT molecular complexity index is 1870. The molecule has 43 heavy (non-hydrogen) atoms. The summed E-state index contributed by atoms with van der Waals surface area (Å²) < 4.78 is 7.59. The van der Waals surface area contributed by atoms with Crippen LogP contribution in [0.1, 0.15) is 48.2 Å². The minimum absolute atomic E-state index is 0.0503. The number of benzene rings is 4. The number of nitrogens with zero attached hydrogens (tertiary/aromatic N) is 3. The quantitative estimate of drug-likeness (QED) is 0.141. The Morgan fingerprint density at radius 3 is 2.42 bits per heavy atom. The highest BCUT2D eigenvalue weighted by atomic mass is 16.5. The lowest BCUT2D eigenvalue weighted by molar-refractivity contribution is -0.124. The molecule has 0 unspecified atom stereocenters. The highest BCUT2D eigenvalue weighted by Crippen LogP contribution is 2.32. The summed E-state index contributed by atoms with van der Waals surface area (Å²) in [6.07, 6.45) is 3.87. The van der Waals surface area contributed by atoms with Gasteiger partial charge in [0.25, 0.3) is 5.91 Å². The number of hydrogen-bond acceptors (Lipinski definition) is 4. The summed E-state index contributed by atoms with van der Waals surface area (Å²) in [5.41, 5.74) is 6.23. The minimum Gasteiger partial charge on any atom is -0.462 e. The zero-order valence-electron chi connectivity index (χ0n) is 24.6. The van der Waals surface area contributed by atoms with E-state index >= 15 is 0 Å². The maximum Gasteiger partial charge on any atom is 0.340 e. The van der Waals surface area contributed by atoms with Gasteiger partial charge in [0.1, 0.15) is 5.84 Å². The van der Waals surface area contributed by atoms with E-state index in [1.54, 1.807) is 30.0 Å². The van der Waals surface area contributed by atoms with Gasteiger partial charge in [0.15, 0.2) is 0 Å². The molecule has 1 aliphatic rings. The second-order valence-electron chi connectivity index (χ2n) is 10.7. The zero-order valence-corrected chi connectivity index (χ0v) is 24.6. The number of fused-ring (bicyclic) bond motifs is 3. The molecule has 0 bridgehead atoms. The van der Waals surface area contributed by atoms with Gasteiger partial charge in [0, 0.05) is 46.9 Å². The van der Waals surface area contributed by atoms with Crippen LogP contribution < -0.4 is 0 Å². The van der Waals surface area contributed by atoms with Crippen molar-refractivity contribution >= 4 is 51.3 Å². The topological polar surface area (TPSA) is 63.9 Å². The molecule has 1 aliphatic heterocycles. The van der Waals surface area contributed by atoms with Crippen LogP contribution in [0.5, 0.6) is 0 Å². The number of amides is 1. The second-order valence-corrected chi connectivity index (χ2v) is 10.7. The van der Waals surface area contributed by atoms with Gasteiger partial charge >= 0.3 is 5.97 Å². The molecular formula is C37H35N3O3. The van der Waals surface area contributed by atoms with Crippen molar-refractivity contribution in [2.24, 2.45) is 4.99 Å². The highest BCUT2D eigenvalue weighted by Gasteiger charge is 2.29. The fourth-order valence-electron chi connectivity index (χ4n) is 5.94. The monoisotopic (exact) mass is 569 g/mol. The Kier molecular flexibility index (Phi) is 8.18. The molecule has 1 fully saturated rings. The van der Waals surface area contributed by atoms with E-state index in [0.29, 0.717) is 42.9 Å². The SMILES string of the molecule is CCOC(=O)c1ccccc1N=C1CC/C(=C/c2ccc3c(c2)c2ccccc2n3CC)C(=O)N1CCc1ccccc1. The van der Waals surface area contributed by atoms with Crippen molar-refractivity contribution < 1.29 is 14.3 Å². The van der Waals surface area contributed by atoms with Crippen molar-refractivity contribution in [1.29, 1.82) is 0 Å². The summed E-state index contributed by atoms with van der Waals surface area (Å²) >= 11 is 0. The van der Waals surface area contributed by atoms with Crippen LogP contribution in [0.15, 0.2) is 108 Å². The van der Waals surface area contributed by atoms with Crippen LogP contribution in [0.2, 0.25) is 0 Å². The van der Waals surface area contributed by atoms with Crippen molar-refractivity contribution in [2.75, 3.05) is 13.2 Å². The minimum atomic E-state index is -0.416. The molecule has 6 rings (SSSR count). The molecule has 0 spiro atoms. The summed E-state index contributed by atoms with van der Waals surface area (Å²) in [4.78, 5) is 33.4. The molecule has 1 saturated heterocycles. The van der Waals surface area contributed by atoms with E-state index in [-0.39, 0.29) is 12.5 Å². The number of aliphatic imine (C=N–C) groups is 1. The van der Waals surface area contributed by atoms with Gasteiger partial charge in [-0.2, -0.15) is 0 Å². The molecule has 2 heterocycles. The average molecular weight is 570 g/mol. The highest BCUT2D eigenvalue weighted by molar-refractivity contribution is 6.13. The summed E-state index contributed by atoms with van der Waals surface area (Å²) in [5.74, 6) is 0.197. The molecule has 0 atom stereocenters. The first-order valence-corrected chi connectivity index (χ1v) is 15.0. The van der Waals surface area contributed by atoms with Gasteiger partial charge in [0.05, 0.1) is 17.9 Å². The number of esters is 1. The van der Waals surface area contributed by atoms with Crippen molar-refractivity contribution in [1.82, 2.24) is 9.47 Å². The molecule has 0 radical (unpaired) electrons. The Labute approximate surface area is 251 Å². The zero-order chi connectivity index (χ0) is 29.8. The van der Waals surface area contributed by atoms with Crippen LogP contribution in [-0.2, 0) is 22.5 Å². The third-order valence-corrected chi connectivity index (χ3v) is 8.02. The largest absolute Gasteiger partial charge is 0.462 e. The van der Waals surface area contributed by atoms with Crippen LogP contribution in [0, 0.1) is 0 Å². The van der Waals surface area contributed by atoms with Gasteiger partial charge in [-0.15, -0.1) is 0 Å². The summed E-state index contributed by atoms with van der Waals surface area (Å²) in [7, 11) is 0. The molecule has 216 valence electrons. The number of carbonyl (C=O) groups is 2. The van der Waals surface area contributed by atoms with Crippen LogP contribution in [0.25, 0.3) is 27.9 Å². The van der Waals surface area contributed by atoms with E-state index in [9.17, 15) is 9.59 Å². The average Bonchev–Trinajstić information content (AvgIpc) is 3.36. The normalized spacial score (nSPS) is 15.6. The number of hydrogen-bond donors (Lipinski definition) is 0. The maximum absolute atomic E-state index is 14.1. The Morgan fingerprint density at radius 1 is 0.860 bits per heavy atom. The van der Waals surface area contributed by atoms with Crippen molar-refractivity contribution in [3.63, 3.8) is 0 Å². The van der Waals surface area contributed by atoms with E-state index in [2.05, 4.69) is 66.1 Å².